The van der Waals surface area contributed by atoms with Crippen molar-refractivity contribution in [2.75, 3.05) is 5.32 Å². The van der Waals surface area contributed by atoms with E-state index in [4.69, 9.17) is 0 Å². The minimum atomic E-state index is 0.985. The number of hydrogen-bond acceptors (Lipinski definition) is 3. The van der Waals surface area contributed by atoms with Crippen LogP contribution in [0.3, 0.4) is 0 Å². The Morgan fingerprint density at radius 1 is 1.11 bits per heavy atom. The molecule has 0 aliphatic heterocycles. The Bertz CT molecular complexity index is 695. The number of pyridine rings is 1. The van der Waals surface area contributed by atoms with Gasteiger partial charge in [-0.25, -0.2) is 0 Å². The Balaban J connectivity index is 2.07. The van der Waals surface area contributed by atoms with Crippen molar-refractivity contribution in [3.8, 4) is 0 Å². The number of anilines is 2. The largest absolute Gasteiger partial charge is 0.352 e. The third-order valence-electron chi connectivity index (χ3n) is 2.93. The first-order valence-corrected chi connectivity index (χ1v) is 5.85. The lowest BCUT2D eigenvalue weighted by Gasteiger charge is -2.07. The minimum Gasteiger partial charge on any atom is -0.352 e. The van der Waals surface area contributed by atoms with Crippen molar-refractivity contribution in [3.63, 3.8) is 0 Å². The van der Waals surface area contributed by atoms with Crippen LogP contribution in [-0.4, -0.2) is 14.8 Å². The Morgan fingerprint density at radius 2 is 1.94 bits per heavy atom. The van der Waals surface area contributed by atoms with Crippen LogP contribution >= 0.6 is 0 Å². The van der Waals surface area contributed by atoms with Crippen molar-refractivity contribution < 1.29 is 0 Å². The molecule has 1 N–H and O–H groups in total. The van der Waals surface area contributed by atoms with E-state index >= 15 is 0 Å². The summed E-state index contributed by atoms with van der Waals surface area (Å²) in [6.45, 7) is 1.99. The molecule has 0 radical (unpaired) electrons. The fraction of sp³-hybridized carbons (Fsp3) is 0.143. The van der Waals surface area contributed by atoms with Crippen molar-refractivity contribution in [2.45, 2.75) is 6.92 Å². The number of benzene rings is 1. The molecule has 0 bridgehead atoms. The van der Waals surface area contributed by atoms with E-state index in [1.807, 2.05) is 50.6 Å². The predicted molar refractivity (Wildman–Crippen MR) is 73.0 cm³/mol. The number of nitrogens with zero attached hydrogens (tertiary/aromatic N) is 3. The lowest BCUT2D eigenvalue weighted by atomic mass is 10.2. The van der Waals surface area contributed by atoms with Gasteiger partial charge in [0.05, 0.1) is 16.9 Å². The van der Waals surface area contributed by atoms with Gasteiger partial charge in [0, 0.05) is 30.5 Å². The maximum atomic E-state index is 4.35. The second kappa shape index (κ2) is 4.14. The van der Waals surface area contributed by atoms with Crippen molar-refractivity contribution in [1.29, 1.82) is 0 Å². The summed E-state index contributed by atoms with van der Waals surface area (Å²) in [5, 5.41) is 8.85. The summed E-state index contributed by atoms with van der Waals surface area (Å²) in [4.78, 5) is 4.35. The maximum Gasteiger partial charge on any atom is 0.0828 e. The van der Waals surface area contributed by atoms with Crippen LogP contribution < -0.4 is 5.32 Å². The van der Waals surface area contributed by atoms with E-state index in [0.717, 1.165) is 28.0 Å². The summed E-state index contributed by atoms with van der Waals surface area (Å²) < 4.78 is 1.81. The molecule has 0 atom stereocenters. The van der Waals surface area contributed by atoms with Crippen molar-refractivity contribution in [1.82, 2.24) is 14.8 Å². The normalized spacial score (nSPS) is 10.8. The average Bonchev–Trinajstić information content (AvgIpc) is 2.68. The number of para-hydroxylation sites is 1. The zero-order valence-electron chi connectivity index (χ0n) is 10.4. The average molecular weight is 238 g/mol. The molecule has 0 amide bonds. The van der Waals surface area contributed by atoms with E-state index in [0.29, 0.717) is 0 Å². The summed E-state index contributed by atoms with van der Waals surface area (Å²) >= 11 is 0. The van der Waals surface area contributed by atoms with Crippen molar-refractivity contribution in [2.24, 2.45) is 7.05 Å². The van der Waals surface area contributed by atoms with Gasteiger partial charge in [-0.1, -0.05) is 18.2 Å². The molecule has 0 aliphatic rings. The summed E-state index contributed by atoms with van der Waals surface area (Å²) in [5.74, 6) is 0. The van der Waals surface area contributed by atoms with Gasteiger partial charge in [0.2, 0.25) is 0 Å². The molecule has 0 spiro atoms. The minimum absolute atomic E-state index is 0.985. The van der Waals surface area contributed by atoms with Crippen LogP contribution in [0.4, 0.5) is 11.4 Å². The first-order chi connectivity index (χ1) is 8.74. The highest BCUT2D eigenvalue weighted by Crippen LogP contribution is 2.25. The molecule has 90 valence electrons. The third kappa shape index (κ3) is 1.82. The molecule has 3 aromatic rings. The second-order valence-electron chi connectivity index (χ2n) is 4.30. The SMILES string of the molecule is Cc1nn(C)cc1Nc1ccnc2ccccc12. The van der Waals surface area contributed by atoms with Gasteiger partial charge in [-0.15, -0.1) is 0 Å². The highest BCUT2D eigenvalue weighted by molar-refractivity contribution is 5.92. The lowest BCUT2D eigenvalue weighted by molar-refractivity contribution is 0.756. The van der Waals surface area contributed by atoms with E-state index in [-0.39, 0.29) is 0 Å². The fourth-order valence-electron chi connectivity index (χ4n) is 2.07. The molecule has 2 heterocycles. The summed E-state index contributed by atoms with van der Waals surface area (Å²) in [6.07, 6.45) is 3.79. The molecule has 4 nitrogen and oxygen atoms in total. The zero-order valence-corrected chi connectivity index (χ0v) is 10.4. The molecular formula is C14H14N4. The third-order valence-corrected chi connectivity index (χ3v) is 2.93. The lowest BCUT2D eigenvalue weighted by Crippen LogP contribution is -1.92. The van der Waals surface area contributed by atoms with Gasteiger partial charge in [-0.2, -0.15) is 5.10 Å². The Hall–Kier alpha value is -2.36. The van der Waals surface area contributed by atoms with Gasteiger partial charge in [0.1, 0.15) is 0 Å². The summed E-state index contributed by atoms with van der Waals surface area (Å²) in [7, 11) is 1.92. The molecule has 1 aromatic carbocycles. The molecule has 0 aliphatic carbocycles. The van der Waals surface area contributed by atoms with Crippen LogP contribution in [0.25, 0.3) is 10.9 Å². The van der Waals surface area contributed by atoms with E-state index in [9.17, 15) is 0 Å². The number of nitrogens with one attached hydrogen (secondary N) is 1. The molecule has 0 saturated heterocycles. The topological polar surface area (TPSA) is 42.7 Å². The van der Waals surface area contributed by atoms with E-state index in [1.54, 1.807) is 4.68 Å². The van der Waals surface area contributed by atoms with E-state index in [2.05, 4.69) is 21.5 Å². The van der Waals surface area contributed by atoms with Crippen LogP contribution in [0.15, 0.2) is 42.7 Å². The van der Waals surface area contributed by atoms with Crippen LogP contribution in [0.5, 0.6) is 0 Å². The standard InChI is InChI=1S/C14H14N4/c1-10-14(9-18(2)17-10)16-13-7-8-15-12-6-4-3-5-11(12)13/h3-9H,1-2H3,(H,15,16). The number of aromatic nitrogens is 3. The Labute approximate surface area is 105 Å². The Morgan fingerprint density at radius 3 is 2.72 bits per heavy atom. The first-order valence-electron chi connectivity index (χ1n) is 5.85. The number of aryl methyl sites for hydroxylation is 2. The van der Waals surface area contributed by atoms with Crippen molar-refractivity contribution in [3.05, 3.63) is 48.4 Å². The molecule has 0 fully saturated rings. The van der Waals surface area contributed by atoms with Crippen LogP contribution in [0.2, 0.25) is 0 Å². The zero-order chi connectivity index (χ0) is 12.5. The van der Waals surface area contributed by atoms with Crippen LogP contribution in [0.1, 0.15) is 5.69 Å². The van der Waals surface area contributed by atoms with Gasteiger partial charge in [0.15, 0.2) is 0 Å². The molecule has 0 saturated carbocycles. The maximum absolute atomic E-state index is 4.35. The van der Waals surface area contributed by atoms with Gasteiger partial charge in [0.25, 0.3) is 0 Å². The monoisotopic (exact) mass is 238 g/mol. The summed E-state index contributed by atoms with van der Waals surface area (Å²) in [5.41, 5.74) is 4.05. The summed E-state index contributed by atoms with van der Waals surface area (Å²) in [6, 6.07) is 10.1. The molecule has 18 heavy (non-hydrogen) atoms. The van der Waals surface area contributed by atoms with Gasteiger partial charge in [-0.05, 0) is 19.1 Å². The first kappa shape index (κ1) is 10.8. The number of fused-ring (bicyclic) bond motifs is 1. The molecule has 4 heteroatoms. The van der Waals surface area contributed by atoms with Crippen LogP contribution in [-0.2, 0) is 7.05 Å². The number of rotatable bonds is 2. The quantitative estimate of drug-likeness (QED) is 0.746. The van der Waals surface area contributed by atoms with Crippen molar-refractivity contribution >= 4 is 22.3 Å². The highest BCUT2D eigenvalue weighted by atomic mass is 15.3. The van der Waals surface area contributed by atoms with Gasteiger partial charge < -0.3 is 5.32 Å². The smallest absolute Gasteiger partial charge is 0.0828 e. The Kier molecular flexibility index (Phi) is 2.48. The molecular weight excluding hydrogens is 224 g/mol. The fourth-order valence-corrected chi connectivity index (χ4v) is 2.07. The highest BCUT2D eigenvalue weighted by Gasteiger charge is 2.05. The predicted octanol–water partition coefficient (Wildman–Crippen LogP) is 3.02. The van der Waals surface area contributed by atoms with Gasteiger partial charge in [-0.3, -0.25) is 9.67 Å². The molecule has 2 aromatic heterocycles. The molecule has 0 unspecified atom stereocenters. The van der Waals surface area contributed by atoms with E-state index < -0.39 is 0 Å². The van der Waals surface area contributed by atoms with E-state index in [1.165, 1.54) is 0 Å². The van der Waals surface area contributed by atoms with Gasteiger partial charge >= 0.3 is 0 Å². The molecule has 3 rings (SSSR count). The number of hydrogen-bond donors (Lipinski definition) is 1. The van der Waals surface area contributed by atoms with Crippen LogP contribution in [0, 0.1) is 6.92 Å². The second-order valence-corrected chi connectivity index (χ2v) is 4.30.